The highest BCUT2D eigenvalue weighted by Crippen LogP contribution is 2.82. The third kappa shape index (κ3) is 4.44. The Hall–Kier alpha value is 1.07. The second-order valence-corrected chi connectivity index (χ2v) is 10.2. The molecule has 15 heteroatoms. The van der Waals surface area contributed by atoms with Crippen LogP contribution in [0.2, 0.25) is 0 Å². The molecule has 0 fully saturated rings. The Morgan fingerprint density at radius 3 is 1.73 bits per heavy atom. The van der Waals surface area contributed by atoms with Crippen molar-refractivity contribution in [2.24, 2.45) is 17.7 Å². The van der Waals surface area contributed by atoms with Crippen LogP contribution in [-0.4, -0.2) is 0 Å². The Kier molecular flexibility index (Phi) is 4.14. The molecule has 1 aliphatic rings. The molecule has 0 radical (unpaired) electrons. The number of hydrogen-bond acceptors (Lipinski definition) is 4. The molecule has 0 amide bonds. The molecule has 90 valence electrons. The zero-order valence-electron chi connectivity index (χ0n) is 6.18. The van der Waals surface area contributed by atoms with Gasteiger partial charge in [0.1, 0.15) is 0 Å². The van der Waals surface area contributed by atoms with Crippen molar-refractivity contribution in [2.75, 3.05) is 0 Å². The summed E-state index contributed by atoms with van der Waals surface area (Å²) in [4.78, 5) is 0. The molecule has 0 aliphatic carbocycles. The molecule has 1 rings (SSSR count). The molecule has 1 aliphatic heterocycles. The standard InChI is InChI=1S/Cl2F5N4P3S/c1-15(2)11-14(7)9-12(3,4)8-13(5,6)10-14. The van der Waals surface area contributed by atoms with Crippen molar-refractivity contribution in [3.05, 3.63) is 0 Å². The van der Waals surface area contributed by atoms with Crippen LogP contribution in [-0.2, 0) is 9.12 Å². The highest BCUT2D eigenvalue weighted by molar-refractivity contribution is 8.29. The van der Waals surface area contributed by atoms with E-state index in [0.29, 0.717) is 0 Å². The van der Waals surface area contributed by atoms with Crippen LogP contribution in [0.1, 0.15) is 0 Å². The molecule has 1 atom stereocenters. The summed E-state index contributed by atoms with van der Waals surface area (Å²) >= 11 is 0. The van der Waals surface area contributed by atoms with Gasteiger partial charge in [0.2, 0.25) is 0 Å². The fourth-order valence-corrected chi connectivity index (χ4v) is 8.08. The van der Waals surface area contributed by atoms with E-state index < -0.39 is 32.4 Å². The number of rotatable bonds is 1. The Balaban J connectivity index is 3.50. The first-order valence-electron chi connectivity index (χ1n) is 2.74. The van der Waals surface area contributed by atoms with Crippen LogP contribution in [0.25, 0.3) is 0 Å². The van der Waals surface area contributed by atoms with Crippen molar-refractivity contribution >= 4 is 53.8 Å². The fraction of sp³-hybridized carbons (Fsp3) is 0. The largest absolute Gasteiger partial charge is 0.424 e. The van der Waals surface area contributed by atoms with E-state index in [0.717, 1.165) is 0 Å². The third-order valence-corrected chi connectivity index (χ3v) is 8.52. The average molecular weight is 347 g/mol. The molecule has 0 spiro atoms. The zero-order chi connectivity index (χ0) is 11.9. The average Bonchev–Trinajstić information content (AvgIpc) is 1.70. The normalized spacial score (nSPS) is 32.5. The van der Waals surface area contributed by atoms with Crippen molar-refractivity contribution in [3.8, 4) is 0 Å². The van der Waals surface area contributed by atoms with Gasteiger partial charge in [0.05, 0.1) is 9.12 Å². The summed E-state index contributed by atoms with van der Waals surface area (Å²) in [5.74, 6) is 0. The van der Waals surface area contributed by atoms with Crippen LogP contribution in [0, 0.1) is 0 Å². The molecule has 0 saturated carbocycles. The topological polar surface area (TPSA) is 49.4 Å². The molecule has 0 saturated heterocycles. The van der Waals surface area contributed by atoms with Gasteiger partial charge < -0.3 is 0 Å². The molecule has 0 N–H and O–H groups in total. The Bertz CT molecular complexity index is 459. The van der Waals surface area contributed by atoms with E-state index in [-0.39, 0.29) is 0 Å². The van der Waals surface area contributed by atoms with Crippen molar-refractivity contribution < 1.29 is 21.0 Å². The molecule has 15 heavy (non-hydrogen) atoms. The second kappa shape index (κ2) is 4.39. The molecule has 4 nitrogen and oxygen atoms in total. The van der Waals surface area contributed by atoms with Gasteiger partial charge in [0.15, 0.2) is 0 Å². The summed E-state index contributed by atoms with van der Waals surface area (Å²) in [7, 11) is -8.52. The first-order valence-corrected chi connectivity index (χ1v) is 10.1. The van der Waals surface area contributed by atoms with Crippen LogP contribution in [0.3, 0.4) is 0 Å². The monoisotopic (exact) mass is 346 g/mol. The molecule has 1 unspecified atom stereocenters. The highest BCUT2D eigenvalue weighted by atomic mass is 36.0. The highest BCUT2D eigenvalue weighted by Gasteiger charge is 2.39. The van der Waals surface area contributed by atoms with E-state index in [1.54, 1.807) is 0 Å². The van der Waals surface area contributed by atoms with Gasteiger partial charge in [-0.15, -0.1) is 34.5 Å². The van der Waals surface area contributed by atoms with E-state index in [9.17, 15) is 21.0 Å². The van der Waals surface area contributed by atoms with Crippen molar-refractivity contribution in [2.45, 2.75) is 0 Å². The summed E-state index contributed by atoms with van der Waals surface area (Å²) in [5.41, 5.74) is 0. The van der Waals surface area contributed by atoms with Gasteiger partial charge in [-0.25, -0.2) is 0 Å². The van der Waals surface area contributed by atoms with Crippen LogP contribution in [0.4, 0.5) is 21.0 Å². The number of halogens is 7. The SMILES string of the molecule is FP1(F)=NP(F)(F)=NP(F)(N=S(Cl)Cl)=N1. The van der Waals surface area contributed by atoms with Gasteiger partial charge in [0.25, 0.3) is 0 Å². The van der Waals surface area contributed by atoms with Crippen molar-refractivity contribution in [3.63, 3.8) is 0 Å². The smallest absolute Gasteiger partial charge is 0.158 e. The predicted molar refractivity (Wildman–Crippen MR) is 55.1 cm³/mol. The molecule has 0 bridgehead atoms. The lowest BCUT2D eigenvalue weighted by Gasteiger charge is -2.12. The third-order valence-electron chi connectivity index (χ3n) is 0.824. The summed E-state index contributed by atoms with van der Waals surface area (Å²) < 4.78 is 72.4. The van der Waals surface area contributed by atoms with Gasteiger partial charge in [-0.1, -0.05) is 0 Å². The van der Waals surface area contributed by atoms with Crippen LogP contribution >= 0.6 is 44.7 Å². The lowest BCUT2D eigenvalue weighted by Crippen LogP contribution is -1.72. The first-order chi connectivity index (χ1) is 6.54. The van der Waals surface area contributed by atoms with Gasteiger partial charge in [0, 0.05) is 0 Å². The van der Waals surface area contributed by atoms with E-state index in [1.165, 1.54) is 0 Å². The summed E-state index contributed by atoms with van der Waals surface area (Å²) in [5, 5.41) is 0. The van der Waals surface area contributed by atoms with E-state index in [2.05, 4.69) is 13.2 Å². The Labute approximate surface area is 92.6 Å². The molecule has 0 aromatic heterocycles. The molecule has 1 heterocycles. The van der Waals surface area contributed by atoms with Crippen LogP contribution < -0.4 is 0 Å². The van der Waals surface area contributed by atoms with Gasteiger partial charge in [-0.05, 0) is 21.4 Å². The van der Waals surface area contributed by atoms with E-state index in [4.69, 9.17) is 21.4 Å². The predicted octanol–water partition coefficient (Wildman–Crippen LogP) is 6.80. The van der Waals surface area contributed by atoms with E-state index in [1.807, 2.05) is 4.52 Å². The lowest BCUT2D eigenvalue weighted by molar-refractivity contribution is 0.697. The molecular formula is Cl2F5N4P3S. The van der Waals surface area contributed by atoms with Gasteiger partial charge in [-0.2, -0.15) is 4.20 Å². The van der Waals surface area contributed by atoms with E-state index >= 15 is 0 Å². The van der Waals surface area contributed by atoms with Gasteiger partial charge in [-0.3, -0.25) is 0 Å². The van der Waals surface area contributed by atoms with Crippen molar-refractivity contribution in [1.82, 2.24) is 0 Å². The molecule has 0 aromatic carbocycles. The number of nitrogens with zero attached hydrogens (tertiary/aromatic N) is 4. The fourth-order valence-electron chi connectivity index (χ4n) is 0.568. The van der Waals surface area contributed by atoms with Crippen LogP contribution in [0.5, 0.6) is 0 Å². The zero-order valence-corrected chi connectivity index (χ0v) is 11.2. The first kappa shape index (κ1) is 14.1. The maximum atomic E-state index is 13.3. The maximum absolute atomic E-state index is 13.3. The van der Waals surface area contributed by atoms with Crippen LogP contribution in [0.15, 0.2) is 17.7 Å². The quantitative estimate of drug-likeness (QED) is 0.370. The van der Waals surface area contributed by atoms with Crippen molar-refractivity contribution in [1.29, 1.82) is 0 Å². The number of hydrogen-bond donors (Lipinski definition) is 0. The summed E-state index contributed by atoms with van der Waals surface area (Å²) in [6.45, 7) is 0. The second-order valence-electron chi connectivity index (χ2n) is 1.95. The summed E-state index contributed by atoms with van der Waals surface area (Å²) in [6.07, 6.45) is 0. The van der Waals surface area contributed by atoms with Gasteiger partial charge >= 0.3 is 23.3 Å². The minimum absolute atomic E-state index is 1.82. The minimum Gasteiger partial charge on any atom is -0.158 e. The Morgan fingerprint density at radius 2 is 1.33 bits per heavy atom. The molecular weight excluding hydrogens is 347 g/mol. The molecule has 0 aromatic rings. The minimum atomic E-state index is -5.71. The lowest BCUT2D eigenvalue weighted by atomic mass is 13.8. The summed E-state index contributed by atoms with van der Waals surface area (Å²) in [6, 6.07) is 0. The Morgan fingerprint density at radius 1 is 0.867 bits per heavy atom. The maximum Gasteiger partial charge on any atom is 0.424 e.